The Kier molecular flexibility index (Phi) is 4.01. The number of ether oxygens (including phenoxy) is 1. The molecule has 1 saturated heterocycles. The number of aromatic nitrogens is 2. The number of carbonyl (C=O) groups excluding carboxylic acids is 1. The molecule has 0 spiro atoms. The van der Waals surface area contributed by atoms with Crippen molar-refractivity contribution in [3.63, 3.8) is 0 Å². The molecule has 3 heterocycles. The van der Waals surface area contributed by atoms with Crippen LogP contribution in [0, 0.1) is 6.92 Å². The molecule has 1 fully saturated rings. The summed E-state index contributed by atoms with van der Waals surface area (Å²) in [7, 11) is 1.66. The number of fused-ring (bicyclic) bond motifs is 1. The highest BCUT2D eigenvalue weighted by molar-refractivity contribution is 7.20. The first-order valence-electron chi connectivity index (χ1n) is 7.36. The van der Waals surface area contributed by atoms with Crippen molar-refractivity contribution >= 4 is 27.5 Å². The van der Waals surface area contributed by atoms with Gasteiger partial charge in [0, 0.05) is 13.7 Å². The average Bonchev–Trinajstić information content (AvgIpc) is 3.11. The Balaban J connectivity index is 1.89. The highest BCUT2D eigenvalue weighted by atomic mass is 32.1. The fourth-order valence-electron chi connectivity index (χ4n) is 2.79. The molecule has 2 aromatic rings. The third-order valence-corrected chi connectivity index (χ3v) is 5.30. The molecule has 1 N–H and O–H groups in total. The van der Waals surface area contributed by atoms with Crippen LogP contribution in [0.3, 0.4) is 0 Å². The van der Waals surface area contributed by atoms with E-state index in [4.69, 9.17) is 4.74 Å². The van der Waals surface area contributed by atoms with E-state index in [1.807, 2.05) is 6.92 Å². The Morgan fingerprint density at radius 3 is 3.05 bits per heavy atom. The molecular formula is C15H19N3O3S. The Morgan fingerprint density at radius 2 is 2.36 bits per heavy atom. The Hall–Kier alpha value is -1.73. The number of thiophene rings is 1. The maximum Gasteiger partial charge on any atom is 0.262 e. The van der Waals surface area contributed by atoms with E-state index in [0.717, 1.165) is 19.4 Å². The summed E-state index contributed by atoms with van der Waals surface area (Å²) in [5.74, 6) is -0.162. The Bertz CT molecular complexity index is 774. The highest BCUT2D eigenvalue weighted by Crippen LogP contribution is 2.27. The number of hydrogen-bond acceptors (Lipinski definition) is 5. The van der Waals surface area contributed by atoms with Crippen molar-refractivity contribution in [2.75, 3.05) is 6.61 Å². The molecule has 7 heteroatoms. The molecule has 1 amide bonds. The lowest BCUT2D eigenvalue weighted by atomic mass is 10.1. The zero-order valence-electron chi connectivity index (χ0n) is 12.9. The monoisotopic (exact) mass is 321 g/mol. The lowest BCUT2D eigenvalue weighted by Crippen LogP contribution is -2.40. The molecule has 0 aliphatic carbocycles. The topological polar surface area (TPSA) is 73.2 Å². The van der Waals surface area contributed by atoms with Gasteiger partial charge in [-0.15, -0.1) is 11.3 Å². The minimum Gasteiger partial charge on any atom is -0.376 e. The highest BCUT2D eigenvalue weighted by Gasteiger charge is 2.26. The van der Waals surface area contributed by atoms with Crippen molar-refractivity contribution < 1.29 is 9.53 Å². The summed E-state index contributed by atoms with van der Waals surface area (Å²) in [6, 6.07) is -0.0459. The van der Waals surface area contributed by atoms with Gasteiger partial charge in [0.1, 0.15) is 4.83 Å². The second kappa shape index (κ2) is 5.81. The Morgan fingerprint density at radius 1 is 1.59 bits per heavy atom. The van der Waals surface area contributed by atoms with Crippen LogP contribution < -0.4 is 10.9 Å². The van der Waals surface area contributed by atoms with Gasteiger partial charge in [0.2, 0.25) is 0 Å². The maximum absolute atomic E-state index is 12.5. The van der Waals surface area contributed by atoms with Crippen molar-refractivity contribution in [2.24, 2.45) is 7.05 Å². The van der Waals surface area contributed by atoms with E-state index in [9.17, 15) is 9.59 Å². The lowest BCUT2D eigenvalue weighted by molar-refractivity contribution is 0.0714. The number of rotatable bonds is 3. The van der Waals surface area contributed by atoms with E-state index in [1.54, 1.807) is 14.0 Å². The zero-order chi connectivity index (χ0) is 15.9. The van der Waals surface area contributed by atoms with Gasteiger partial charge >= 0.3 is 0 Å². The van der Waals surface area contributed by atoms with Gasteiger partial charge < -0.3 is 14.6 Å². The summed E-state index contributed by atoms with van der Waals surface area (Å²) in [5.41, 5.74) is 0.579. The second-order valence-electron chi connectivity index (χ2n) is 5.71. The van der Waals surface area contributed by atoms with Gasteiger partial charge in [-0.1, -0.05) is 0 Å². The predicted octanol–water partition coefficient (Wildman–Crippen LogP) is 1.60. The summed E-state index contributed by atoms with van der Waals surface area (Å²) in [4.78, 5) is 30.1. The van der Waals surface area contributed by atoms with E-state index in [2.05, 4.69) is 10.3 Å². The molecule has 118 valence electrons. The normalized spacial score (nSPS) is 19.5. The van der Waals surface area contributed by atoms with Crippen LogP contribution in [0.4, 0.5) is 0 Å². The summed E-state index contributed by atoms with van der Waals surface area (Å²) in [6.45, 7) is 4.51. The van der Waals surface area contributed by atoms with Crippen molar-refractivity contribution in [1.82, 2.24) is 14.9 Å². The van der Waals surface area contributed by atoms with E-state index in [-0.39, 0.29) is 23.6 Å². The number of amides is 1. The van der Waals surface area contributed by atoms with Gasteiger partial charge in [0.15, 0.2) is 0 Å². The number of nitrogens with zero attached hydrogens (tertiary/aromatic N) is 2. The zero-order valence-corrected chi connectivity index (χ0v) is 13.7. The first-order chi connectivity index (χ1) is 10.5. The van der Waals surface area contributed by atoms with Crippen LogP contribution in [-0.2, 0) is 11.8 Å². The van der Waals surface area contributed by atoms with Crippen molar-refractivity contribution in [3.05, 3.63) is 27.1 Å². The maximum atomic E-state index is 12.5. The molecule has 0 saturated carbocycles. The SMILES string of the molecule is Cc1c(C(=O)N[C@H](C)[C@@H]2CCCO2)sc2ncn(C)c(=O)c12. The molecule has 2 aromatic heterocycles. The van der Waals surface area contributed by atoms with E-state index in [0.29, 0.717) is 20.7 Å². The summed E-state index contributed by atoms with van der Waals surface area (Å²) < 4.78 is 7.03. The minimum atomic E-state index is -0.162. The minimum absolute atomic E-state index is 0.0459. The summed E-state index contributed by atoms with van der Waals surface area (Å²) in [6.07, 6.45) is 3.56. The predicted molar refractivity (Wildman–Crippen MR) is 85.5 cm³/mol. The van der Waals surface area contributed by atoms with Crippen molar-refractivity contribution in [3.8, 4) is 0 Å². The molecule has 2 atom stereocenters. The number of carbonyl (C=O) groups is 1. The quantitative estimate of drug-likeness (QED) is 0.932. The summed E-state index contributed by atoms with van der Waals surface area (Å²) in [5, 5.41) is 3.52. The molecule has 6 nitrogen and oxygen atoms in total. The number of aryl methyl sites for hydroxylation is 2. The molecule has 0 aromatic carbocycles. The van der Waals surface area contributed by atoms with E-state index < -0.39 is 0 Å². The van der Waals surface area contributed by atoms with Gasteiger partial charge in [0.25, 0.3) is 11.5 Å². The fourth-order valence-corrected chi connectivity index (χ4v) is 3.83. The summed E-state index contributed by atoms with van der Waals surface area (Å²) >= 11 is 1.26. The molecule has 0 unspecified atom stereocenters. The Labute approximate surface area is 132 Å². The largest absolute Gasteiger partial charge is 0.376 e. The molecule has 22 heavy (non-hydrogen) atoms. The van der Waals surface area contributed by atoms with Crippen LogP contribution in [-0.4, -0.2) is 34.2 Å². The standard InChI is InChI=1S/C15H19N3O3S/c1-8-11-14(16-7-18(3)15(11)20)22-12(8)13(19)17-9(2)10-5-4-6-21-10/h7,9-10H,4-6H2,1-3H3,(H,17,19)/t9-,10+/m1/s1. The third kappa shape index (κ3) is 2.55. The first-order valence-corrected chi connectivity index (χ1v) is 8.18. The van der Waals surface area contributed by atoms with Crippen LogP contribution in [0.1, 0.15) is 35.0 Å². The molecular weight excluding hydrogens is 302 g/mol. The lowest BCUT2D eigenvalue weighted by Gasteiger charge is -2.19. The third-order valence-electron chi connectivity index (χ3n) is 4.10. The van der Waals surface area contributed by atoms with Crippen LogP contribution in [0.5, 0.6) is 0 Å². The number of nitrogens with one attached hydrogen (secondary N) is 1. The van der Waals surface area contributed by atoms with Gasteiger partial charge in [-0.3, -0.25) is 9.59 Å². The van der Waals surface area contributed by atoms with E-state index >= 15 is 0 Å². The second-order valence-corrected chi connectivity index (χ2v) is 6.71. The van der Waals surface area contributed by atoms with Gasteiger partial charge in [0.05, 0.1) is 28.7 Å². The van der Waals surface area contributed by atoms with Gasteiger partial charge in [-0.25, -0.2) is 4.98 Å². The van der Waals surface area contributed by atoms with Crippen LogP contribution in [0.25, 0.3) is 10.2 Å². The molecule has 0 bridgehead atoms. The molecule has 0 radical (unpaired) electrons. The van der Waals surface area contributed by atoms with Gasteiger partial charge in [-0.05, 0) is 32.3 Å². The number of hydrogen-bond donors (Lipinski definition) is 1. The van der Waals surface area contributed by atoms with Crippen LogP contribution in [0.15, 0.2) is 11.1 Å². The molecule has 1 aliphatic rings. The average molecular weight is 321 g/mol. The van der Waals surface area contributed by atoms with Crippen LogP contribution >= 0.6 is 11.3 Å². The molecule has 1 aliphatic heterocycles. The van der Waals surface area contributed by atoms with Crippen molar-refractivity contribution in [1.29, 1.82) is 0 Å². The van der Waals surface area contributed by atoms with E-state index in [1.165, 1.54) is 22.2 Å². The first kappa shape index (κ1) is 15.2. The van der Waals surface area contributed by atoms with Crippen molar-refractivity contribution in [2.45, 2.75) is 38.8 Å². The molecule has 3 rings (SSSR count). The van der Waals surface area contributed by atoms with Gasteiger partial charge in [-0.2, -0.15) is 0 Å². The van der Waals surface area contributed by atoms with Crippen LogP contribution in [0.2, 0.25) is 0 Å². The smallest absolute Gasteiger partial charge is 0.262 e. The fraction of sp³-hybridized carbons (Fsp3) is 0.533.